The van der Waals surface area contributed by atoms with Crippen molar-refractivity contribution in [1.29, 1.82) is 0 Å². The van der Waals surface area contributed by atoms with Gasteiger partial charge in [0.15, 0.2) is 11.5 Å². The monoisotopic (exact) mass is 305 g/mol. The number of halogens is 1. The zero-order valence-corrected chi connectivity index (χ0v) is 13.5. The van der Waals surface area contributed by atoms with Crippen molar-refractivity contribution in [2.24, 2.45) is 0 Å². The molecule has 3 nitrogen and oxygen atoms in total. The second-order valence-electron chi connectivity index (χ2n) is 4.86. The van der Waals surface area contributed by atoms with Gasteiger partial charge in [-0.15, -0.1) is 0 Å². The fraction of sp³-hybridized carbons (Fsp3) is 0.294. The summed E-state index contributed by atoms with van der Waals surface area (Å²) in [4.78, 5) is 0. The van der Waals surface area contributed by atoms with Crippen LogP contribution in [0, 0.1) is 6.92 Å². The third-order valence-corrected chi connectivity index (χ3v) is 3.81. The summed E-state index contributed by atoms with van der Waals surface area (Å²) in [6, 6.07) is 12.1. The molecule has 0 spiro atoms. The lowest BCUT2D eigenvalue weighted by atomic mass is 9.97. The summed E-state index contributed by atoms with van der Waals surface area (Å²) in [5.74, 6) is 1.30. The highest BCUT2D eigenvalue weighted by atomic mass is 35.5. The third-order valence-electron chi connectivity index (χ3n) is 3.48. The van der Waals surface area contributed by atoms with Crippen molar-refractivity contribution >= 4 is 11.6 Å². The van der Waals surface area contributed by atoms with Crippen molar-refractivity contribution < 1.29 is 9.47 Å². The van der Waals surface area contributed by atoms with E-state index in [1.165, 1.54) is 5.56 Å². The molecule has 0 radical (unpaired) electrons. The topological polar surface area (TPSA) is 30.5 Å². The summed E-state index contributed by atoms with van der Waals surface area (Å²) in [7, 11) is 5.14. The predicted octanol–water partition coefficient (Wildman–Crippen LogP) is 3.97. The average Bonchev–Trinajstić information content (AvgIpc) is 2.49. The van der Waals surface area contributed by atoms with Crippen molar-refractivity contribution in [2.45, 2.75) is 13.0 Å². The molecule has 2 rings (SSSR count). The molecular weight excluding hydrogens is 286 g/mol. The standard InChI is InChI=1S/C17H20ClNO2/c1-11-6-5-7-12(8-11)17(19-2)13-9-15(20-3)16(21-4)10-14(13)18/h5-10,17,19H,1-4H3. The van der Waals surface area contributed by atoms with Crippen LogP contribution in [0.15, 0.2) is 36.4 Å². The number of hydrogen-bond acceptors (Lipinski definition) is 3. The van der Waals surface area contributed by atoms with Gasteiger partial charge in [-0.1, -0.05) is 41.4 Å². The Morgan fingerprint density at radius 1 is 1.05 bits per heavy atom. The van der Waals surface area contributed by atoms with Gasteiger partial charge in [-0.05, 0) is 31.2 Å². The van der Waals surface area contributed by atoms with Gasteiger partial charge in [0.1, 0.15) is 0 Å². The molecule has 1 atom stereocenters. The van der Waals surface area contributed by atoms with Crippen LogP contribution in [0.3, 0.4) is 0 Å². The van der Waals surface area contributed by atoms with E-state index < -0.39 is 0 Å². The molecule has 112 valence electrons. The zero-order chi connectivity index (χ0) is 15.4. The number of aryl methyl sites for hydroxylation is 1. The van der Waals surface area contributed by atoms with Crippen LogP contribution in [0.4, 0.5) is 0 Å². The van der Waals surface area contributed by atoms with Crippen molar-refractivity contribution in [2.75, 3.05) is 21.3 Å². The lowest BCUT2D eigenvalue weighted by Gasteiger charge is -2.21. The van der Waals surface area contributed by atoms with E-state index in [9.17, 15) is 0 Å². The zero-order valence-electron chi connectivity index (χ0n) is 12.7. The minimum Gasteiger partial charge on any atom is -0.493 e. The van der Waals surface area contributed by atoms with Crippen molar-refractivity contribution in [1.82, 2.24) is 5.32 Å². The van der Waals surface area contributed by atoms with Crippen LogP contribution < -0.4 is 14.8 Å². The molecule has 4 heteroatoms. The molecule has 1 unspecified atom stereocenters. The summed E-state index contributed by atoms with van der Waals surface area (Å²) in [5, 5.41) is 3.96. The summed E-state index contributed by atoms with van der Waals surface area (Å²) in [6.07, 6.45) is 0. The minimum atomic E-state index is -0.00259. The average molecular weight is 306 g/mol. The first-order valence-corrected chi connectivity index (χ1v) is 7.13. The van der Waals surface area contributed by atoms with E-state index in [2.05, 4.69) is 30.4 Å². The van der Waals surface area contributed by atoms with E-state index in [0.29, 0.717) is 16.5 Å². The van der Waals surface area contributed by atoms with Crippen LogP contribution >= 0.6 is 11.6 Å². The SMILES string of the molecule is CNC(c1cccc(C)c1)c1cc(OC)c(OC)cc1Cl. The maximum atomic E-state index is 6.42. The Kier molecular flexibility index (Phi) is 5.10. The van der Waals surface area contributed by atoms with Gasteiger partial charge in [-0.25, -0.2) is 0 Å². The Labute approximate surface area is 130 Å². The van der Waals surface area contributed by atoms with Crippen LogP contribution in [0.2, 0.25) is 5.02 Å². The van der Waals surface area contributed by atoms with Crippen LogP contribution in [0.25, 0.3) is 0 Å². The Bertz CT molecular complexity index is 628. The molecule has 0 amide bonds. The van der Waals surface area contributed by atoms with Gasteiger partial charge in [0.25, 0.3) is 0 Å². The second-order valence-corrected chi connectivity index (χ2v) is 5.27. The summed E-state index contributed by atoms with van der Waals surface area (Å²) < 4.78 is 10.7. The molecule has 1 N–H and O–H groups in total. The van der Waals surface area contributed by atoms with Crippen LogP contribution in [0.5, 0.6) is 11.5 Å². The van der Waals surface area contributed by atoms with E-state index in [1.54, 1.807) is 20.3 Å². The van der Waals surface area contributed by atoms with Gasteiger partial charge in [0.2, 0.25) is 0 Å². The van der Waals surface area contributed by atoms with Crippen LogP contribution in [0.1, 0.15) is 22.7 Å². The fourth-order valence-corrected chi connectivity index (χ4v) is 2.71. The number of methoxy groups -OCH3 is 2. The Balaban J connectivity index is 2.52. The van der Waals surface area contributed by atoms with E-state index in [0.717, 1.165) is 11.1 Å². The Morgan fingerprint density at radius 2 is 1.71 bits per heavy atom. The van der Waals surface area contributed by atoms with Gasteiger partial charge < -0.3 is 14.8 Å². The van der Waals surface area contributed by atoms with Gasteiger partial charge in [0, 0.05) is 11.1 Å². The molecule has 2 aromatic carbocycles. The summed E-state index contributed by atoms with van der Waals surface area (Å²) in [5.41, 5.74) is 3.33. The molecule has 0 aromatic heterocycles. The molecule has 2 aromatic rings. The van der Waals surface area contributed by atoms with Crippen molar-refractivity contribution in [3.63, 3.8) is 0 Å². The first kappa shape index (κ1) is 15.7. The van der Waals surface area contributed by atoms with Crippen LogP contribution in [-0.4, -0.2) is 21.3 Å². The molecule has 0 heterocycles. The predicted molar refractivity (Wildman–Crippen MR) is 86.6 cm³/mol. The van der Waals surface area contributed by atoms with Crippen molar-refractivity contribution in [3.8, 4) is 11.5 Å². The highest BCUT2D eigenvalue weighted by Gasteiger charge is 2.18. The largest absolute Gasteiger partial charge is 0.493 e. The minimum absolute atomic E-state index is 0.00259. The first-order valence-electron chi connectivity index (χ1n) is 6.76. The number of rotatable bonds is 5. The lowest BCUT2D eigenvalue weighted by molar-refractivity contribution is 0.354. The molecule has 0 saturated carbocycles. The highest BCUT2D eigenvalue weighted by molar-refractivity contribution is 6.31. The summed E-state index contributed by atoms with van der Waals surface area (Å²) >= 11 is 6.42. The van der Waals surface area contributed by atoms with Gasteiger partial charge in [-0.3, -0.25) is 0 Å². The molecule has 0 aliphatic carbocycles. The Morgan fingerprint density at radius 3 is 2.29 bits per heavy atom. The molecular formula is C17H20ClNO2. The van der Waals surface area contributed by atoms with Gasteiger partial charge in [-0.2, -0.15) is 0 Å². The molecule has 0 saturated heterocycles. The smallest absolute Gasteiger partial charge is 0.162 e. The Hall–Kier alpha value is -1.71. The molecule has 0 bridgehead atoms. The number of benzene rings is 2. The molecule has 0 fully saturated rings. The normalized spacial score (nSPS) is 12.0. The summed E-state index contributed by atoms with van der Waals surface area (Å²) in [6.45, 7) is 2.08. The molecule has 21 heavy (non-hydrogen) atoms. The molecule has 0 aliphatic rings. The van der Waals surface area contributed by atoms with E-state index in [-0.39, 0.29) is 6.04 Å². The van der Waals surface area contributed by atoms with E-state index in [1.807, 2.05) is 19.2 Å². The van der Waals surface area contributed by atoms with Gasteiger partial charge in [0.05, 0.1) is 20.3 Å². The van der Waals surface area contributed by atoms with E-state index >= 15 is 0 Å². The third kappa shape index (κ3) is 3.31. The second kappa shape index (κ2) is 6.83. The van der Waals surface area contributed by atoms with Gasteiger partial charge >= 0.3 is 0 Å². The highest BCUT2D eigenvalue weighted by Crippen LogP contribution is 2.37. The first-order chi connectivity index (χ1) is 10.1. The number of nitrogens with one attached hydrogen (secondary N) is 1. The molecule has 0 aliphatic heterocycles. The maximum absolute atomic E-state index is 6.42. The fourth-order valence-electron chi connectivity index (χ4n) is 2.44. The quantitative estimate of drug-likeness (QED) is 0.906. The number of hydrogen-bond donors (Lipinski definition) is 1. The maximum Gasteiger partial charge on any atom is 0.162 e. The number of ether oxygens (including phenoxy) is 2. The van der Waals surface area contributed by atoms with Crippen molar-refractivity contribution in [3.05, 3.63) is 58.1 Å². The van der Waals surface area contributed by atoms with E-state index in [4.69, 9.17) is 21.1 Å². The van der Waals surface area contributed by atoms with Crippen LogP contribution in [-0.2, 0) is 0 Å². The lowest BCUT2D eigenvalue weighted by Crippen LogP contribution is -2.18.